The van der Waals surface area contributed by atoms with Crippen molar-refractivity contribution in [1.82, 2.24) is 9.88 Å². The molecule has 0 radical (unpaired) electrons. The molecule has 0 bridgehead atoms. The number of hydrogen-bond acceptors (Lipinski definition) is 5. The molecule has 0 saturated heterocycles. The predicted molar refractivity (Wildman–Crippen MR) is 115 cm³/mol. The third-order valence-corrected chi connectivity index (χ3v) is 5.42. The second-order valence-corrected chi connectivity index (χ2v) is 7.81. The van der Waals surface area contributed by atoms with Gasteiger partial charge in [-0.3, -0.25) is 4.79 Å². The summed E-state index contributed by atoms with van der Waals surface area (Å²) in [5.41, 5.74) is 2.15. The van der Waals surface area contributed by atoms with Crippen molar-refractivity contribution in [2.75, 3.05) is 13.2 Å². The van der Waals surface area contributed by atoms with Crippen LogP contribution in [0.25, 0.3) is 10.6 Å². The molecule has 3 aromatic rings. The maximum atomic E-state index is 13.1. The van der Waals surface area contributed by atoms with Gasteiger partial charge in [0.05, 0.1) is 30.4 Å². The summed E-state index contributed by atoms with van der Waals surface area (Å²) in [5, 5.41) is 11.2. The maximum Gasteiger partial charge on any atom is 0.406 e. The smallest absolute Gasteiger partial charge is 0.406 e. The Morgan fingerprint density at radius 1 is 1.16 bits per heavy atom. The molecule has 0 aliphatic heterocycles. The van der Waals surface area contributed by atoms with Gasteiger partial charge in [-0.25, -0.2) is 4.98 Å². The van der Waals surface area contributed by atoms with Crippen molar-refractivity contribution in [3.05, 3.63) is 70.7 Å². The van der Waals surface area contributed by atoms with Crippen LogP contribution in [-0.2, 0) is 17.8 Å². The number of halogens is 3. The summed E-state index contributed by atoms with van der Waals surface area (Å²) in [6.07, 6.45) is -4.77. The highest BCUT2D eigenvalue weighted by Crippen LogP contribution is 2.26. The van der Waals surface area contributed by atoms with E-state index >= 15 is 0 Å². The van der Waals surface area contributed by atoms with Gasteiger partial charge in [0.1, 0.15) is 17.3 Å². The minimum Gasteiger partial charge on any atom is -0.494 e. The van der Waals surface area contributed by atoms with Crippen LogP contribution in [0.3, 0.4) is 0 Å². The van der Waals surface area contributed by atoms with Crippen molar-refractivity contribution >= 4 is 17.2 Å². The van der Waals surface area contributed by atoms with Crippen molar-refractivity contribution in [1.29, 1.82) is 5.26 Å². The lowest BCUT2D eigenvalue weighted by Crippen LogP contribution is -2.39. The van der Waals surface area contributed by atoms with Crippen LogP contribution in [0.4, 0.5) is 13.2 Å². The number of nitriles is 1. The summed E-state index contributed by atoms with van der Waals surface area (Å²) in [7, 11) is 0. The molecule has 9 heteroatoms. The monoisotopic (exact) mass is 459 g/mol. The van der Waals surface area contributed by atoms with E-state index in [0.717, 1.165) is 16.2 Å². The Hall–Kier alpha value is -3.38. The summed E-state index contributed by atoms with van der Waals surface area (Å²) in [6, 6.07) is 15.4. The van der Waals surface area contributed by atoms with E-state index in [1.54, 1.807) is 17.5 Å². The first-order valence-electron chi connectivity index (χ1n) is 9.78. The summed E-state index contributed by atoms with van der Waals surface area (Å²) in [4.78, 5) is 17.9. The van der Waals surface area contributed by atoms with Crippen LogP contribution in [0.1, 0.15) is 23.7 Å². The van der Waals surface area contributed by atoms with Crippen LogP contribution in [-0.4, -0.2) is 35.1 Å². The standard InChI is InChI=1S/C23H20F3N3O2S/c1-2-31-20-9-7-18(8-10-20)22-28-19(14-32-22)11-21(30)29(15-23(24,25)26)13-17-5-3-16(12-27)4-6-17/h3-10,14H,2,11,13,15H2,1H3. The molecule has 0 atom stereocenters. The highest BCUT2D eigenvalue weighted by Gasteiger charge is 2.33. The second kappa shape index (κ2) is 10.3. The molecule has 0 spiro atoms. The average Bonchev–Trinajstić information content (AvgIpc) is 3.22. The molecule has 3 rings (SSSR count). The van der Waals surface area contributed by atoms with Crippen molar-refractivity contribution in [2.45, 2.75) is 26.1 Å². The fourth-order valence-electron chi connectivity index (χ4n) is 3.00. The second-order valence-electron chi connectivity index (χ2n) is 6.95. The van der Waals surface area contributed by atoms with Crippen molar-refractivity contribution in [3.8, 4) is 22.4 Å². The molecule has 1 heterocycles. The number of amides is 1. The summed E-state index contributed by atoms with van der Waals surface area (Å²) in [6.45, 7) is 0.878. The molecule has 1 aromatic heterocycles. The molecule has 0 aliphatic rings. The van der Waals surface area contributed by atoms with E-state index < -0.39 is 18.6 Å². The fourth-order valence-corrected chi connectivity index (χ4v) is 3.83. The predicted octanol–water partition coefficient (Wildman–Crippen LogP) is 5.21. The minimum absolute atomic E-state index is 0.208. The quantitative estimate of drug-likeness (QED) is 0.464. The zero-order valence-electron chi connectivity index (χ0n) is 17.2. The molecular formula is C23H20F3N3O2S. The van der Waals surface area contributed by atoms with E-state index in [1.807, 2.05) is 37.3 Å². The first kappa shape index (κ1) is 23.3. The van der Waals surface area contributed by atoms with E-state index in [4.69, 9.17) is 10.00 Å². The number of ether oxygens (including phenoxy) is 1. The summed E-state index contributed by atoms with van der Waals surface area (Å²) in [5.74, 6) is 0.0593. The normalized spacial score (nSPS) is 11.1. The van der Waals surface area contributed by atoms with E-state index in [2.05, 4.69) is 4.98 Å². The number of benzene rings is 2. The Morgan fingerprint density at radius 3 is 2.44 bits per heavy atom. The molecule has 0 unspecified atom stereocenters. The number of carbonyl (C=O) groups excluding carboxylic acids is 1. The summed E-state index contributed by atoms with van der Waals surface area (Å²) < 4.78 is 44.6. The number of aromatic nitrogens is 1. The van der Waals surface area contributed by atoms with Crippen LogP contribution >= 0.6 is 11.3 Å². The first-order chi connectivity index (χ1) is 15.3. The molecule has 5 nitrogen and oxygen atoms in total. The Labute approximate surface area is 187 Å². The number of rotatable bonds is 8. The molecule has 166 valence electrons. The fraction of sp³-hybridized carbons (Fsp3) is 0.261. The Kier molecular flexibility index (Phi) is 7.49. The summed E-state index contributed by atoms with van der Waals surface area (Å²) >= 11 is 1.32. The van der Waals surface area contributed by atoms with Crippen LogP contribution in [0, 0.1) is 11.3 Å². The van der Waals surface area contributed by atoms with E-state index in [1.165, 1.54) is 23.5 Å². The van der Waals surface area contributed by atoms with Gasteiger partial charge in [0.2, 0.25) is 5.91 Å². The van der Waals surface area contributed by atoms with Crippen LogP contribution in [0.2, 0.25) is 0 Å². The van der Waals surface area contributed by atoms with Gasteiger partial charge in [0, 0.05) is 17.5 Å². The first-order valence-corrected chi connectivity index (χ1v) is 10.7. The van der Waals surface area contributed by atoms with E-state index in [-0.39, 0.29) is 13.0 Å². The molecule has 0 saturated carbocycles. The minimum atomic E-state index is -4.53. The molecule has 0 aliphatic carbocycles. The third kappa shape index (κ3) is 6.56. The SMILES string of the molecule is CCOc1ccc(-c2nc(CC(=O)N(Cc3ccc(C#N)cc3)CC(F)(F)F)cs2)cc1. The van der Waals surface area contributed by atoms with Gasteiger partial charge in [-0.1, -0.05) is 12.1 Å². The molecule has 0 fully saturated rings. The number of nitrogens with zero attached hydrogens (tertiary/aromatic N) is 3. The Bertz CT molecular complexity index is 1090. The topological polar surface area (TPSA) is 66.2 Å². The average molecular weight is 459 g/mol. The Morgan fingerprint density at radius 2 is 1.84 bits per heavy atom. The van der Waals surface area contributed by atoms with Crippen molar-refractivity contribution < 1.29 is 22.7 Å². The number of carbonyl (C=O) groups is 1. The highest BCUT2D eigenvalue weighted by atomic mass is 32.1. The molecule has 2 aromatic carbocycles. The zero-order chi connectivity index (χ0) is 23.1. The van der Waals surface area contributed by atoms with Crippen LogP contribution in [0.15, 0.2) is 53.9 Å². The maximum absolute atomic E-state index is 13.1. The van der Waals surface area contributed by atoms with E-state index in [9.17, 15) is 18.0 Å². The van der Waals surface area contributed by atoms with Crippen molar-refractivity contribution in [2.24, 2.45) is 0 Å². The van der Waals surface area contributed by atoms with Gasteiger partial charge in [0.15, 0.2) is 0 Å². The lowest BCUT2D eigenvalue weighted by atomic mass is 10.1. The number of thiazole rings is 1. The molecular weight excluding hydrogens is 439 g/mol. The number of alkyl halides is 3. The largest absolute Gasteiger partial charge is 0.494 e. The van der Waals surface area contributed by atoms with Gasteiger partial charge in [-0.15, -0.1) is 11.3 Å². The van der Waals surface area contributed by atoms with Crippen molar-refractivity contribution in [3.63, 3.8) is 0 Å². The highest BCUT2D eigenvalue weighted by molar-refractivity contribution is 7.13. The lowest BCUT2D eigenvalue weighted by Gasteiger charge is -2.24. The van der Waals surface area contributed by atoms with Gasteiger partial charge in [-0.2, -0.15) is 18.4 Å². The van der Waals surface area contributed by atoms with Crippen LogP contribution < -0.4 is 4.74 Å². The molecule has 0 N–H and O–H groups in total. The van der Waals surface area contributed by atoms with Gasteiger partial charge in [-0.05, 0) is 48.9 Å². The van der Waals surface area contributed by atoms with Crippen LogP contribution in [0.5, 0.6) is 5.75 Å². The van der Waals surface area contributed by atoms with E-state index in [0.29, 0.717) is 28.4 Å². The zero-order valence-corrected chi connectivity index (χ0v) is 18.0. The molecule has 32 heavy (non-hydrogen) atoms. The van der Waals surface area contributed by atoms with Gasteiger partial charge < -0.3 is 9.64 Å². The lowest BCUT2D eigenvalue weighted by molar-refractivity contribution is -0.162. The molecule has 1 amide bonds. The number of hydrogen-bond donors (Lipinski definition) is 0. The Balaban J connectivity index is 1.71. The van der Waals surface area contributed by atoms with Gasteiger partial charge in [0.25, 0.3) is 0 Å². The van der Waals surface area contributed by atoms with Gasteiger partial charge >= 0.3 is 6.18 Å². The third-order valence-electron chi connectivity index (χ3n) is 4.48.